The molecule has 0 bridgehead atoms. The maximum atomic E-state index is 12.6. The van der Waals surface area contributed by atoms with Crippen molar-refractivity contribution in [2.24, 2.45) is 0 Å². The average Bonchev–Trinajstić information content (AvgIpc) is 3.11. The molecule has 27 heavy (non-hydrogen) atoms. The van der Waals surface area contributed by atoms with E-state index in [1.165, 1.54) is 6.07 Å². The average molecular weight is 472 g/mol. The van der Waals surface area contributed by atoms with E-state index < -0.39 is 5.76 Å². The summed E-state index contributed by atoms with van der Waals surface area (Å²) in [6, 6.07) is 13.8. The quantitative estimate of drug-likeness (QED) is 0.456. The molecule has 3 aromatic rings. The molecule has 3 rings (SSSR count). The Bertz CT molecular complexity index is 923. The number of carbonyl (C=O) groups excluding carboxylic acids is 1. The Kier molecular flexibility index (Phi) is 6.86. The van der Waals surface area contributed by atoms with Crippen molar-refractivity contribution in [3.63, 3.8) is 0 Å². The van der Waals surface area contributed by atoms with Gasteiger partial charge in [-0.2, -0.15) is 8.78 Å². The van der Waals surface area contributed by atoms with Gasteiger partial charge in [-0.25, -0.2) is 0 Å². The third-order valence-electron chi connectivity index (χ3n) is 3.20. The number of nitrogens with one attached hydrogen (secondary N) is 1. The Morgan fingerprint density at radius 1 is 1.15 bits per heavy atom. The maximum Gasteiger partial charge on any atom is 0.288 e. The largest absolute Gasteiger partial charge is 0.411 e. The minimum atomic E-state index is -2.56. The molecule has 0 saturated carbocycles. The number of alkyl halides is 2. The summed E-state index contributed by atoms with van der Waals surface area (Å²) in [5, 5.41) is 10.7. The molecule has 0 unspecified atom stereocenters. The van der Waals surface area contributed by atoms with E-state index in [1.54, 1.807) is 18.2 Å². The van der Waals surface area contributed by atoms with Gasteiger partial charge in [0.1, 0.15) is 0 Å². The van der Waals surface area contributed by atoms with Crippen molar-refractivity contribution in [1.82, 2.24) is 10.2 Å². The molecule has 0 saturated heterocycles. The lowest BCUT2D eigenvalue weighted by atomic mass is 10.2. The number of aromatic nitrogens is 2. The zero-order chi connectivity index (χ0) is 19.2. The number of carbonyl (C=O) groups is 1. The van der Waals surface area contributed by atoms with Crippen LogP contribution >= 0.6 is 39.5 Å². The Morgan fingerprint density at radius 2 is 1.89 bits per heavy atom. The molecule has 0 atom stereocenters. The first-order chi connectivity index (χ1) is 13.0. The summed E-state index contributed by atoms with van der Waals surface area (Å²) < 4.78 is 31.6. The molecule has 0 fully saturated rings. The van der Waals surface area contributed by atoms with Crippen molar-refractivity contribution in [3.8, 4) is 11.5 Å². The fourth-order valence-corrected chi connectivity index (χ4v) is 3.48. The zero-order valence-corrected chi connectivity index (χ0v) is 16.8. The summed E-state index contributed by atoms with van der Waals surface area (Å²) in [6.07, 6.45) is 0. The van der Waals surface area contributed by atoms with E-state index in [0.29, 0.717) is 28.2 Å². The topological polar surface area (TPSA) is 68.0 Å². The molecule has 0 aliphatic heterocycles. The SMILES string of the molecule is O=C(CSc1nnc(-c2ccc(Br)cc2)o1)Nc1ccccc1SC(F)F. The molecule has 10 heteroatoms. The van der Waals surface area contributed by atoms with Crippen LogP contribution in [-0.4, -0.2) is 27.6 Å². The van der Waals surface area contributed by atoms with Gasteiger partial charge in [0.25, 0.3) is 11.0 Å². The van der Waals surface area contributed by atoms with E-state index in [0.717, 1.165) is 21.8 Å². The van der Waals surface area contributed by atoms with Crippen LogP contribution in [0, 0.1) is 0 Å². The number of nitrogens with zero attached hydrogens (tertiary/aromatic N) is 2. The second kappa shape index (κ2) is 9.34. The number of benzene rings is 2. The van der Waals surface area contributed by atoms with Crippen molar-refractivity contribution in [2.75, 3.05) is 11.1 Å². The van der Waals surface area contributed by atoms with Crippen LogP contribution < -0.4 is 5.32 Å². The molecule has 0 radical (unpaired) electrons. The smallest absolute Gasteiger partial charge is 0.288 e. The number of halogens is 3. The second-order valence-corrected chi connectivity index (χ2v) is 7.97. The highest BCUT2D eigenvalue weighted by Gasteiger charge is 2.14. The van der Waals surface area contributed by atoms with Gasteiger partial charge in [-0.05, 0) is 36.4 Å². The second-order valence-electron chi connectivity index (χ2n) is 5.09. The minimum Gasteiger partial charge on any atom is -0.411 e. The van der Waals surface area contributed by atoms with Crippen molar-refractivity contribution >= 4 is 51.0 Å². The lowest BCUT2D eigenvalue weighted by Gasteiger charge is -2.09. The Hall–Kier alpha value is -1.91. The van der Waals surface area contributed by atoms with E-state index in [9.17, 15) is 13.6 Å². The molecule has 5 nitrogen and oxygen atoms in total. The predicted octanol–water partition coefficient (Wildman–Crippen LogP) is 5.54. The van der Waals surface area contributed by atoms with Gasteiger partial charge in [-0.3, -0.25) is 4.79 Å². The molecular formula is C17H12BrF2N3O2S2. The minimum absolute atomic E-state index is 0.00957. The number of thioether (sulfide) groups is 2. The fourth-order valence-electron chi connectivity index (χ4n) is 2.06. The lowest BCUT2D eigenvalue weighted by molar-refractivity contribution is -0.113. The zero-order valence-electron chi connectivity index (χ0n) is 13.6. The standard InChI is InChI=1S/C17H12BrF2N3O2S2/c18-11-7-5-10(6-8-11)15-22-23-17(25-15)26-9-14(24)21-12-3-1-2-4-13(12)27-16(19)20/h1-8,16H,9H2,(H,21,24). The van der Waals surface area contributed by atoms with Crippen LogP contribution in [0.4, 0.5) is 14.5 Å². The van der Waals surface area contributed by atoms with Crippen LogP contribution in [0.2, 0.25) is 0 Å². The van der Waals surface area contributed by atoms with Gasteiger partial charge in [0.2, 0.25) is 11.8 Å². The molecular weight excluding hydrogens is 460 g/mol. The third kappa shape index (κ3) is 5.78. The number of para-hydroxylation sites is 1. The normalized spacial score (nSPS) is 11.0. The Labute approximate surface area is 170 Å². The van der Waals surface area contributed by atoms with Crippen LogP contribution in [-0.2, 0) is 4.79 Å². The van der Waals surface area contributed by atoms with E-state index in [1.807, 2.05) is 24.3 Å². The van der Waals surface area contributed by atoms with Gasteiger partial charge in [-0.15, -0.1) is 10.2 Å². The first kappa shape index (κ1) is 19.8. The van der Waals surface area contributed by atoms with Gasteiger partial charge < -0.3 is 9.73 Å². The summed E-state index contributed by atoms with van der Waals surface area (Å²) in [5.74, 6) is -2.56. The molecule has 0 aliphatic rings. The molecule has 1 aromatic heterocycles. The molecule has 2 aromatic carbocycles. The van der Waals surface area contributed by atoms with Crippen LogP contribution in [0.15, 0.2) is 67.5 Å². The molecule has 1 heterocycles. The number of anilines is 1. The first-order valence-electron chi connectivity index (χ1n) is 7.57. The third-order valence-corrected chi connectivity index (χ3v) is 5.34. The number of hydrogen-bond donors (Lipinski definition) is 1. The molecule has 1 amide bonds. The fraction of sp³-hybridized carbons (Fsp3) is 0.118. The molecule has 0 aliphatic carbocycles. The lowest BCUT2D eigenvalue weighted by Crippen LogP contribution is -2.14. The van der Waals surface area contributed by atoms with Crippen molar-refractivity contribution < 1.29 is 18.0 Å². The summed E-state index contributed by atoms with van der Waals surface area (Å²) in [6.45, 7) is 0. The molecule has 140 valence electrons. The van der Waals surface area contributed by atoms with E-state index in [-0.39, 0.29) is 16.9 Å². The Balaban J connectivity index is 1.58. The summed E-state index contributed by atoms with van der Waals surface area (Å²) in [5.41, 5.74) is 1.11. The van der Waals surface area contributed by atoms with E-state index in [2.05, 4.69) is 31.4 Å². The van der Waals surface area contributed by atoms with Crippen LogP contribution in [0.5, 0.6) is 0 Å². The highest BCUT2D eigenvalue weighted by atomic mass is 79.9. The summed E-state index contributed by atoms with van der Waals surface area (Å²) in [4.78, 5) is 12.4. The van der Waals surface area contributed by atoms with Crippen molar-refractivity contribution in [2.45, 2.75) is 15.9 Å². The number of hydrogen-bond acceptors (Lipinski definition) is 6. The highest BCUT2D eigenvalue weighted by Crippen LogP contribution is 2.32. The predicted molar refractivity (Wildman–Crippen MR) is 105 cm³/mol. The molecule has 0 spiro atoms. The van der Waals surface area contributed by atoms with Gasteiger partial charge in [-0.1, -0.05) is 51.6 Å². The Morgan fingerprint density at radius 3 is 2.63 bits per heavy atom. The van der Waals surface area contributed by atoms with Gasteiger partial charge in [0, 0.05) is 14.9 Å². The summed E-state index contributed by atoms with van der Waals surface area (Å²) >= 11 is 4.80. The monoisotopic (exact) mass is 471 g/mol. The van der Waals surface area contributed by atoms with Gasteiger partial charge in [0.15, 0.2) is 0 Å². The number of amides is 1. The van der Waals surface area contributed by atoms with E-state index >= 15 is 0 Å². The first-order valence-corrected chi connectivity index (χ1v) is 10.2. The maximum absolute atomic E-state index is 12.6. The van der Waals surface area contributed by atoms with Crippen molar-refractivity contribution in [1.29, 1.82) is 0 Å². The van der Waals surface area contributed by atoms with Gasteiger partial charge >= 0.3 is 0 Å². The highest BCUT2D eigenvalue weighted by molar-refractivity contribution is 9.10. The van der Waals surface area contributed by atoms with Crippen LogP contribution in [0.3, 0.4) is 0 Å². The molecule has 1 N–H and O–H groups in total. The van der Waals surface area contributed by atoms with E-state index in [4.69, 9.17) is 4.42 Å². The van der Waals surface area contributed by atoms with Crippen molar-refractivity contribution in [3.05, 3.63) is 53.0 Å². The van der Waals surface area contributed by atoms with Crippen LogP contribution in [0.25, 0.3) is 11.5 Å². The van der Waals surface area contributed by atoms with Crippen LogP contribution in [0.1, 0.15) is 0 Å². The number of rotatable bonds is 7. The summed E-state index contributed by atoms with van der Waals surface area (Å²) in [7, 11) is 0. The van der Waals surface area contributed by atoms with Gasteiger partial charge in [0.05, 0.1) is 11.4 Å².